The van der Waals surface area contributed by atoms with Gasteiger partial charge >= 0.3 is 5.97 Å². The zero-order valence-electron chi connectivity index (χ0n) is 26.2. The Morgan fingerprint density at radius 3 is 2.31 bits per heavy atom. The smallest absolute Gasteiger partial charge is 0.312 e. The van der Waals surface area contributed by atoms with Gasteiger partial charge in [0.2, 0.25) is 5.91 Å². The van der Waals surface area contributed by atoms with Crippen molar-refractivity contribution in [2.75, 3.05) is 42.6 Å². The molecule has 3 aliphatic heterocycles. The van der Waals surface area contributed by atoms with E-state index in [1.54, 1.807) is 22.8 Å². The standard InChI is InChI=1S/C33H49N3O6/c1-8-20-35(24-16-14-23(15-17-24)34(11-4)12-5)30(39)28-33-19-18-32(10-3,42-33)27(31(40)41-13-6)26(33)29(38)36(28)25(21-37)22(7)9-2/h8,14-17,22,25-28,37H,1,9-13,18-21H2,2-7H3/t22-,25-,26-,27+,28?,32-,33?/m0/s1. The van der Waals surface area contributed by atoms with Crippen molar-refractivity contribution in [1.82, 2.24) is 4.90 Å². The Balaban J connectivity index is 1.84. The van der Waals surface area contributed by atoms with Gasteiger partial charge in [0.15, 0.2) is 0 Å². The molecule has 1 aromatic carbocycles. The van der Waals surface area contributed by atoms with E-state index in [0.29, 0.717) is 31.4 Å². The van der Waals surface area contributed by atoms with Crippen molar-refractivity contribution in [2.45, 2.75) is 90.5 Å². The summed E-state index contributed by atoms with van der Waals surface area (Å²) in [5.41, 5.74) is -0.310. The molecule has 232 valence electrons. The molecule has 0 radical (unpaired) electrons. The average molecular weight is 584 g/mol. The van der Waals surface area contributed by atoms with Gasteiger partial charge in [-0.25, -0.2) is 0 Å². The van der Waals surface area contributed by atoms with E-state index in [1.807, 2.05) is 45.0 Å². The van der Waals surface area contributed by atoms with Crippen LogP contribution in [0, 0.1) is 17.8 Å². The molecule has 9 nitrogen and oxygen atoms in total. The zero-order chi connectivity index (χ0) is 30.8. The topological polar surface area (TPSA) is 99.6 Å². The maximum atomic E-state index is 14.9. The number of benzene rings is 1. The molecule has 3 aliphatic rings. The quantitative estimate of drug-likeness (QED) is 0.259. The lowest BCUT2D eigenvalue weighted by Gasteiger charge is -2.41. The second kappa shape index (κ2) is 12.8. The summed E-state index contributed by atoms with van der Waals surface area (Å²) in [5, 5.41) is 10.6. The molecule has 1 spiro atoms. The number of anilines is 2. The number of hydrogen-bond donors (Lipinski definition) is 1. The van der Waals surface area contributed by atoms with E-state index in [-0.39, 0.29) is 37.5 Å². The Kier molecular flexibility index (Phi) is 9.72. The average Bonchev–Trinajstić information content (AvgIpc) is 3.61. The van der Waals surface area contributed by atoms with Gasteiger partial charge < -0.3 is 29.3 Å². The third-order valence-corrected chi connectivity index (χ3v) is 10.1. The second-order valence-electron chi connectivity index (χ2n) is 11.9. The van der Waals surface area contributed by atoms with Crippen LogP contribution in [0.25, 0.3) is 0 Å². The molecule has 1 N–H and O–H groups in total. The first-order valence-corrected chi connectivity index (χ1v) is 15.7. The van der Waals surface area contributed by atoms with E-state index in [0.717, 1.165) is 18.8 Å². The Hall–Kier alpha value is -2.91. The molecule has 9 heteroatoms. The summed E-state index contributed by atoms with van der Waals surface area (Å²) >= 11 is 0. The van der Waals surface area contributed by atoms with Gasteiger partial charge in [0.1, 0.15) is 17.6 Å². The minimum atomic E-state index is -1.19. The summed E-state index contributed by atoms with van der Waals surface area (Å²) < 4.78 is 12.4. The number of nitrogens with zero attached hydrogens (tertiary/aromatic N) is 3. The van der Waals surface area contributed by atoms with Crippen LogP contribution in [0.15, 0.2) is 36.9 Å². The van der Waals surface area contributed by atoms with Crippen molar-refractivity contribution in [1.29, 1.82) is 0 Å². The van der Waals surface area contributed by atoms with Gasteiger partial charge in [-0.1, -0.05) is 33.3 Å². The normalized spacial score (nSPS) is 29.3. The minimum Gasteiger partial charge on any atom is -0.466 e. The van der Waals surface area contributed by atoms with Crippen molar-refractivity contribution in [3.63, 3.8) is 0 Å². The third kappa shape index (κ3) is 4.92. The maximum Gasteiger partial charge on any atom is 0.312 e. The first-order valence-electron chi connectivity index (χ1n) is 15.7. The molecule has 3 heterocycles. The van der Waals surface area contributed by atoms with Crippen molar-refractivity contribution >= 4 is 29.2 Å². The van der Waals surface area contributed by atoms with E-state index < -0.39 is 41.1 Å². The van der Waals surface area contributed by atoms with Crippen LogP contribution in [0.1, 0.15) is 67.2 Å². The van der Waals surface area contributed by atoms with Crippen molar-refractivity contribution in [3.8, 4) is 0 Å². The summed E-state index contributed by atoms with van der Waals surface area (Å²) in [6.07, 6.45) is 3.94. The molecular weight excluding hydrogens is 534 g/mol. The molecule has 4 rings (SSSR count). The summed E-state index contributed by atoms with van der Waals surface area (Å²) in [5.74, 6) is -2.79. The summed E-state index contributed by atoms with van der Waals surface area (Å²) in [6.45, 7) is 17.7. The minimum absolute atomic E-state index is 0.0796. The number of rotatable bonds is 14. The molecule has 2 unspecified atom stereocenters. The van der Waals surface area contributed by atoms with E-state index in [9.17, 15) is 19.5 Å². The van der Waals surface area contributed by atoms with E-state index in [2.05, 4.69) is 25.3 Å². The van der Waals surface area contributed by atoms with E-state index in [1.165, 1.54) is 0 Å². The van der Waals surface area contributed by atoms with Crippen LogP contribution in [0.4, 0.5) is 11.4 Å². The number of aliphatic hydroxyl groups is 1. The lowest BCUT2D eigenvalue weighted by molar-refractivity contribution is -0.162. The molecule has 3 fully saturated rings. The lowest BCUT2D eigenvalue weighted by Crippen LogP contribution is -2.60. The van der Waals surface area contributed by atoms with Crippen LogP contribution >= 0.6 is 0 Å². The number of hydrogen-bond acceptors (Lipinski definition) is 7. The van der Waals surface area contributed by atoms with Gasteiger partial charge in [0.05, 0.1) is 30.8 Å². The van der Waals surface area contributed by atoms with E-state index >= 15 is 0 Å². The largest absolute Gasteiger partial charge is 0.466 e. The highest BCUT2D eigenvalue weighted by atomic mass is 16.6. The van der Waals surface area contributed by atoms with Gasteiger partial charge in [0, 0.05) is 31.0 Å². The summed E-state index contributed by atoms with van der Waals surface area (Å²) in [4.78, 5) is 48.3. The molecule has 0 aliphatic carbocycles. The van der Waals surface area contributed by atoms with Gasteiger partial charge in [-0.2, -0.15) is 0 Å². The fourth-order valence-electron chi connectivity index (χ4n) is 7.73. The molecule has 0 saturated carbocycles. The third-order valence-electron chi connectivity index (χ3n) is 10.1. The molecule has 2 bridgehead atoms. The fourth-order valence-corrected chi connectivity index (χ4v) is 7.73. The lowest BCUT2D eigenvalue weighted by atomic mass is 9.65. The number of aliphatic hydroxyl groups excluding tert-OH is 1. The van der Waals surface area contributed by atoms with Crippen LogP contribution in [-0.2, 0) is 23.9 Å². The first kappa shape index (κ1) is 32.0. The van der Waals surface area contributed by atoms with Crippen molar-refractivity contribution < 1.29 is 29.0 Å². The van der Waals surface area contributed by atoms with Crippen LogP contribution < -0.4 is 9.80 Å². The molecular formula is C33H49N3O6. The highest BCUT2D eigenvalue weighted by molar-refractivity contribution is 6.05. The number of fused-ring (bicyclic) bond motifs is 1. The van der Waals surface area contributed by atoms with E-state index in [4.69, 9.17) is 9.47 Å². The molecule has 2 amide bonds. The highest BCUT2D eigenvalue weighted by Gasteiger charge is 2.79. The number of ether oxygens (including phenoxy) is 2. The van der Waals surface area contributed by atoms with Gasteiger partial charge in [-0.15, -0.1) is 6.58 Å². The summed E-state index contributed by atoms with van der Waals surface area (Å²) in [7, 11) is 0. The first-order chi connectivity index (χ1) is 20.1. The van der Waals surface area contributed by atoms with Crippen LogP contribution in [-0.4, -0.2) is 83.9 Å². The summed E-state index contributed by atoms with van der Waals surface area (Å²) in [6, 6.07) is 6.24. The molecule has 7 atom stereocenters. The Morgan fingerprint density at radius 2 is 1.79 bits per heavy atom. The Labute approximate surface area is 250 Å². The van der Waals surface area contributed by atoms with Crippen molar-refractivity contribution in [2.24, 2.45) is 17.8 Å². The monoisotopic (exact) mass is 583 g/mol. The SMILES string of the molecule is C=CCN(C(=O)C1N([C@@H](CO)[C@@H](C)CC)C(=O)[C@@H]2[C@H](C(=O)OCC)[C@]3(CC)CCC12O3)c1ccc(N(CC)CC)cc1. The van der Waals surface area contributed by atoms with Crippen LogP contribution in [0.3, 0.4) is 0 Å². The second-order valence-corrected chi connectivity index (χ2v) is 11.9. The number of esters is 1. The molecule has 0 aromatic heterocycles. The fraction of sp³-hybridized carbons (Fsp3) is 0.667. The Bertz CT molecular complexity index is 1150. The maximum absolute atomic E-state index is 14.9. The molecule has 3 saturated heterocycles. The number of likely N-dealkylation sites (tertiary alicyclic amines) is 1. The van der Waals surface area contributed by atoms with Crippen LogP contribution in [0.2, 0.25) is 0 Å². The molecule has 1 aromatic rings. The van der Waals surface area contributed by atoms with Crippen molar-refractivity contribution in [3.05, 3.63) is 36.9 Å². The highest BCUT2D eigenvalue weighted by Crippen LogP contribution is 2.65. The van der Waals surface area contributed by atoms with Gasteiger partial charge in [-0.3, -0.25) is 14.4 Å². The van der Waals surface area contributed by atoms with Gasteiger partial charge in [0.25, 0.3) is 5.91 Å². The Morgan fingerprint density at radius 1 is 1.14 bits per heavy atom. The number of carbonyl (C=O) groups is 3. The predicted octanol–water partition coefficient (Wildman–Crippen LogP) is 4.18. The van der Waals surface area contributed by atoms with Gasteiger partial charge in [-0.05, 0) is 70.2 Å². The van der Waals surface area contributed by atoms with Crippen LogP contribution in [0.5, 0.6) is 0 Å². The number of amides is 2. The molecule has 42 heavy (non-hydrogen) atoms. The zero-order valence-corrected chi connectivity index (χ0v) is 26.2. The number of carbonyl (C=O) groups excluding carboxylic acids is 3. The predicted molar refractivity (Wildman–Crippen MR) is 163 cm³/mol.